The van der Waals surface area contributed by atoms with Gasteiger partial charge in [-0.25, -0.2) is 0 Å². The van der Waals surface area contributed by atoms with E-state index in [1.54, 1.807) is 0 Å². The van der Waals surface area contributed by atoms with Gasteiger partial charge in [0.15, 0.2) is 11.5 Å². The molecule has 1 aromatic carbocycles. The van der Waals surface area contributed by atoms with Gasteiger partial charge in [0.2, 0.25) is 0 Å². The number of hydrogen-bond donors (Lipinski definition) is 2. The van der Waals surface area contributed by atoms with Gasteiger partial charge in [-0.2, -0.15) is 0 Å². The normalized spacial score (nSPS) is 44.8. The molecule has 0 amide bonds. The number of hydrogen-bond acceptors (Lipinski definition) is 4. The number of benzene rings is 1. The molecule has 7 atom stereocenters. The maximum atomic E-state index is 12.1. The van der Waals surface area contributed by atoms with Crippen molar-refractivity contribution >= 4 is 0 Å². The Bertz CT molecular complexity index is 1040. The lowest BCUT2D eigenvalue weighted by Gasteiger charge is -2.75. The number of phenolic OH excluding ortho intramolecular Hbond substituents is 1. The second-order valence-corrected chi connectivity index (χ2v) is 14.1. The molecule has 33 heavy (non-hydrogen) atoms. The molecule has 4 heteroatoms. The summed E-state index contributed by atoms with van der Waals surface area (Å²) in [4.78, 5) is 2.85. The van der Waals surface area contributed by atoms with E-state index in [-0.39, 0.29) is 33.7 Å². The summed E-state index contributed by atoms with van der Waals surface area (Å²) >= 11 is 0. The first-order valence-electron chi connectivity index (χ1n) is 13.4. The van der Waals surface area contributed by atoms with E-state index >= 15 is 0 Å². The molecule has 0 aromatic heterocycles. The molecule has 2 spiro atoms. The number of likely N-dealkylation sites (tertiary alicyclic amines) is 1. The molecule has 5 unspecified atom stereocenters. The third-order valence-corrected chi connectivity index (χ3v) is 12.0. The van der Waals surface area contributed by atoms with Gasteiger partial charge in [0.1, 0.15) is 6.10 Å². The van der Waals surface area contributed by atoms with E-state index in [1.165, 1.54) is 36.9 Å². The maximum absolute atomic E-state index is 12.1. The maximum Gasteiger partial charge on any atom is 0.165 e. The van der Waals surface area contributed by atoms with Gasteiger partial charge in [0, 0.05) is 34.4 Å². The summed E-state index contributed by atoms with van der Waals surface area (Å²) in [6.07, 6.45) is 8.42. The van der Waals surface area contributed by atoms with Crippen LogP contribution in [-0.2, 0) is 11.8 Å². The van der Waals surface area contributed by atoms with Crippen LogP contribution in [0.15, 0.2) is 12.1 Å². The van der Waals surface area contributed by atoms with Crippen molar-refractivity contribution in [3.63, 3.8) is 0 Å². The third kappa shape index (κ3) is 2.23. The van der Waals surface area contributed by atoms with Gasteiger partial charge in [-0.3, -0.25) is 4.90 Å². The second-order valence-electron chi connectivity index (χ2n) is 14.1. The zero-order chi connectivity index (χ0) is 23.2. The largest absolute Gasteiger partial charge is 0.504 e. The molecular weight excluding hydrogens is 410 g/mol. The lowest BCUT2D eigenvalue weighted by atomic mass is 9.31. The molecule has 0 radical (unpaired) electrons. The number of aromatic hydroxyl groups is 1. The van der Waals surface area contributed by atoms with E-state index in [9.17, 15) is 10.2 Å². The summed E-state index contributed by atoms with van der Waals surface area (Å²) in [7, 11) is 0. The van der Waals surface area contributed by atoms with E-state index in [1.807, 2.05) is 6.07 Å². The van der Waals surface area contributed by atoms with Crippen molar-refractivity contribution < 1.29 is 14.9 Å². The molecule has 1 saturated heterocycles. The highest BCUT2D eigenvalue weighted by Gasteiger charge is 2.80. The minimum atomic E-state index is -0.785. The van der Waals surface area contributed by atoms with Gasteiger partial charge in [0.25, 0.3) is 0 Å². The lowest BCUT2D eigenvalue weighted by molar-refractivity contribution is -0.276. The van der Waals surface area contributed by atoms with Crippen molar-refractivity contribution in [1.82, 2.24) is 4.90 Å². The van der Waals surface area contributed by atoms with Gasteiger partial charge in [-0.1, -0.05) is 33.8 Å². The van der Waals surface area contributed by atoms with Crippen LogP contribution in [0.4, 0.5) is 0 Å². The number of piperidine rings is 1. The van der Waals surface area contributed by atoms with E-state index in [0.717, 1.165) is 43.9 Å². The van der Waals surface area contributed by atoms with E-state index in [4.69, 9.17) is 4.74 Å². The summed E-state index contributed by atoms with van der Waals surface area (Å²) in [5, 5.41) is 23.1. The van der Waals surface area contributed by atoms with Crippen LogP contribution in [0.1, 0.15) is 84.3 Å². The highest BCUT2D eigenvalue weighted by molar-refractivity contribution is 5.63. The Morgan fingerprint density at radius 2 is 1.88 bits per heavy atom. The highest BCUT2D eigenvalue weighted by atomic mass is 16.5. The Balaban J connectivity index is 1.46. The fourth-order valence-corrected chi connectivity index (χ4v) is 9.71. The topological polar surface area (TPSA) is 52.9 Å². The van der Waals surface area contributed by atoms with Gasteiger partial charge >= 0.3 is 0 Å². The van der Waals surface area contributed by atoms with Crippen molar-refractivity contribution in [2.45, 2.75) is 103 Å². The highest BCUT2D eigenvalue weighted by Crippen LogP contribution is 2.79. The van der Waals surface area contributed by atoms with E-state index in [0.29, 0.717) is 11.8 Å². The van der Waals surface area contributed by atoms with Crippen LogP contribution in [0.25, 0.3) is 0 Å². The Kier molecular flexibility index (Phi) is 3.78. The summed E-state index contributed by atoms with van der Waals surface area (Å²) in [6.45, 7) is 13.5. The Labute approximate surface area is 198 Å². The fraction of sp³-hybridized carbons (Fsp3) is 0.793. The average Bonchev–Trinajstić information content (AvgIpc) is 3.48. The van der Waals surface area contributed by atoms with Gasteiger partial charge in [-0.15, -0.1) is 0 Å². The number of nitrogens with zero attached hydrogens (tertiary/aromatic N) is 1. The minimum Gasteiger partial charge on any atom is -0.504 e. The van der Waals surface area contributed by atoms with Crippen LogP contribution >= 0.6 is 0 Å². The molecule has 2 N–H and O–H groups in total. The standard InChI is InChI=1S/C29H41NO3/c1-25(2,3)27(5,32)20-15-28-11-10-26(20,4)24-29(28)12-13-30(16-17-6-7-17)21(28)14-18-8-9-19(31)23(33-24)22(18)29/h8-9,17,20-21,24,31-32H,6-7,10-16H2,1-5H3/t20?,21?,24-,26?,27?,28?,29-/m0/s1. The van der Waals surface area contributed by atoms with E-state index < -0.39 is 5.60 Å². The first-order valence-corrected chi connectivity index (χ1v) is 13.4. The molecule has 5 aliphatic carbocycles. The Morgan fingerprint density at radius 1 is 1.12 bits per heavy atom. The second kappa shape index (κ2) is 5.93. The molecule has 2 aliphatic heterocycles. The van der Waals surface area contributed by atoms with Crippen molar-refractivity contribution in [1.29, 1.82) is 0 Å². The lowest BCUT2D eigenvalue weighted by Crippen LogP contribution is -2.80. The summed E-state index contributed by atoms with van der Waals surface area (Å²) in [5.74, 6) is 2.15. The predicted octanol–water partition coefficient (Wildman–Crippen LogP) is 5.03. The van der Waals surface area contributed by atoms with Gasteiger partial charge in [-0.05, 0) is 87.3 Å². The average molecular weight is 452 g/mol. The molecule has 2 heterocycles. The Hall–Kier alpha value is -1.26. The van der Waals surface area contributed by atoms with Crippen LogP contribution in [0.5, 0.6) is 11.5 Å². The van der Waals surface area contributed by atoms with Crippen LogP contribution < -0.4 is 4.74 Å². The monoisotopic (exact) mass is 451 g/mol. The van der Waals surface area contributed by atoms with Crippen LogP contribution in [0, 0.1) is 28.1 Å². The van der Waals surface area contributed by atoms with Crippen molar-refractivity contribution in [3.05, 3.63) is 23.3 Å². The quantitative estimate of drug-likeness (QED) is 0.676. The molecule has 1 aromatic rings. The first kappa shape index (κ1) is 21.1. The van der Waals surface area contributed by atoms with Crippen LogP contribution in [-0.4, -0.2) is 45.9 Å². The zero-order valence-electron chi connectivity index (χ0n) is 21.1. The van der Waals surface area contributed by atoms with Crippen molar-refractivity contribution in [2.75, 3.05) is 13.1 Å². The number of phenols is 1. The molecule has 4 nitrogen and oxygen atoms in total. The SMILES string of the molecule is CC12CCC3(CC1C(C)(O)C(C)(C)C)C1Cc4ccc(O)c5c4[C@@]3(CCN1CC1CC1)[C@H]2O5. The number of aliphatic hydroxyl groups is 1. The smallest absolute Gasteiger partial charge is 0.165 e. The third-order valence-electron chi connectivity index (χ3n) is 12.0. The molecule has 5 fully saturated rings. The first-order chi connectivity index (χ1) is 15.5. The van der Waals surface area contributed by atoms with Crippen molar-refractivity contribution in [3.8, 4) is 11.5 Å². The summed E-state index contributed by atoms with van der Waals surface area (Å²) in [5.41, 5.74) is 1.77. The summed E-state index contributed by atoms with van der Waals surface area (Å²) in [6, 6.07) is 4.58. The van der Waals surface area contributed by atoms with Crippen LogP contribution in [0.2, 0.25) is 0 Å². The number of ether oxygens (including phenoxy) is 1. The number of fused-ring (bicyclic) bond motifs is 2. The molecule has 7 aliphatic rings. The fourth-order valence-electron chi connectivity index (χ4n) is 9.71. The number of rotatable bonds is 3. The zero-order valence-corrected chi connectivity index (χ0v) is 21.1. The Morgan fingerprint density at radius 3 is 2.58 bits per heavy atom. The minimum absolute atomic E-state index is 0.0170. The predicted molar refractivity (Wildman–Crippen MR) is 129 cm³/mol. The van der Waals surface area contributed by atoms with E-state index in [2.05, 4.69) is 45.6 Å². The van der Waals surface area contributed by atoms with Crippen LogP contribution in [0.3, 0.4) is 0 Å². The summed E-state index contributed by atoms with van der Waals surface area (Å²) < 4.78 is 6.93. The molecular formula is C29H41NO3. The molecule has 4 bridgehead atoms. The molecule has 4 saturated carbocycles. The molecule has 8 rings (SSSR count). The van der Waals surface area contributed by atoms with Crippen molar-refractivity contribution in [2.24, 2.45) is 28.1 Å². The molecule has 180 valence electrons. The van der Waals surface area contributed by atoms with Gasteiger partial charge in [0.05, 0.1) is 5.60 Å². The van der Waals surface area contributed by atoms with Gasteiger partial charge < -0.3 is 14.9 Å².